The van der Waals surface area contributed by atoms with Crippen LogP contribution in [0, 0.1) is 17.2 Å². The molecule has 20 heavy (non-hydrogen) atoms. The lowest BCUT2D eigenvalue weighted by Gasteiger charge is -2.36. The number of hydrogen-bond donors (Lipinski definition) is 1. The van der Waals surface area contributed by atoms with Crippen molar-refractivity contribution >= 4 is 11.8 Å². The molecule has 2 atom stereocenters. The maximum absolute atomic E-state index is 12.6. The van der Waals surface area contributed by atoms with Crippen LogP contribution in [0.4, 0.5) is 0 Å². The second kappa shape index (κ2) is 4.97. The van der Waals surface area contributed by atoms with E-state index in [0.29, 0.717) is 24.2 Å². The highest BCUT2D eigenvalue weighted by atomic mass is 16.2. The van der Waals surface area contributed by atoms with E-state index in [2.05, 4.69) is 5.32 Å². The Labute approximate surface area is 117 Å². The zero-order valence-corrected chi connectivity index (χ0v) is 11.0. The molecule has 5 nitrogen and oxygen atoms in total. The third-order valence-corrected chi connectivity index (χ3v) is 4.10. The normalized spacial score (nSPS) is 24.8. The molecule has 2 saturated heterocycles. The Morgan fingerprint density at radius 1 is 1.45 bits per heavy atom. The van der Waals surface area contributed by atoms with Gasteiger partial charge >= 0.3 is 0 Å². The Hall–Kier alpha value is -2.35. The molecule has 2 aliphatic heterocycles. The first-order valence-corrected chi connectivity index (χ1v) is 6.79. The number of likely N-dealkylation sites (tertiary alicyclic amines) is 1. The second-order valence-electron chi connectivity index (χ2n) is 5.25. The molecule has 0 saturated carbocycles. The van der Waals surface area contributed by atoms with Crippen molar-refractivity contribution in [3.8, 4) is 6.07 Å². The molecule has 0 radical (unpaired) electrons. The van der Waals surface area contributed by atoms with Crippen LogP contribution in [0.25, 0.3) is 0 Å². The third kappa shape index (κ3) is 2.03. The van der Waals surface area contributed by atoms with Gasteiger partial charge in [0.2, 0.25) is 5.91 Å². The van der Waals surface area contributed by atoms with Gasteiger partial charge in [-0.25, -0.2) is 0 Å². The van der Waals surface area contributed by atoms with Gasteiger partial charge in [-0.05, 0) is 31.0 Å². The topological polar surface area (TPSA) is 73.2 Å². The van der Waals surface area contributed by atoms with E-state index in [1.807, 2.05) is 6.07 Å². The molecule has 0 aromatic heterocycles. The van der Waals surface area contributed by atoms with Gasteiger partial charge < -0.3 is 10.2 Å². The highest BCUT2D eigenvalue weighted by molar-refractivity contribution is 5.96. The molecule has 3 rings (SSSR count). The van der Waals surface area contributed by atoms with Gasteiger partial charge in [0.05, 0.1) is 23.6 Å². The molecule has 0 bridgehead atoms. The Balaban J connectivity index is 1.86. The number of benzene rings is 1. The number of nitriles is 1. The van der Waals surface area contributed by atoms with Gasteiger partial charge in [0.1, 0.15) is 0 Å². The minimum Gasteiger partial charge on any atom is -0.354 e. The molecule has 2 heterocycles. The number of rotatable bonds is 1. The summed E-state index contributed by atoms with van der Waals surface area (Å²) in [5.74, 6) is -0.113. The maximum atomic E-state index is 12.6. The van der Waals surface area contributed by atoms with Gasteiger partial charge in [0, 0.05) is 18.7 Å². The number of nitrogens with one attached hydrogen (secondary N) is 1. The van der Waals surface area contributed by atoms with E-state index in [-0.39, 0.29) is 23.8 Å². The maximum Gasteiger partial charge on any atom is 0.254 e. The largest absolute Gasteiger partial charge is 0.354 e. The molecule has 102 valence electrons. The van der Waals surface area contributed by atoms with Gasteiger partial charge in [0.15, 0.2) is 0 Å². The SMILES string of the molecule is N#Cc1cccc(C(=O)N2CCCC3C(=O)NCC32)c1. The van der Waals surface area contributed by atoms with E-state index in [1.54, 1.807) is 29.2 Å². The molecule has 0 spiro atoms. The Bertz CT molecular complexity index is 605. The molecule has 1 aromatic carbocycles. The fourth-order valence-corrected chi connectivity index (χ4v) is 3.09. The van der Waals surface area contributed by atoms with Crippen molar-refractivity contribution in [1.29, 1.82) is 5.26 Å². The first-order chi connectivity index (χ1) is 9.70. The molecule has 0 aliphatic carbocycles. The first kappa shape index (κ1) is 12.7. The molecule has 1 N–H and O–H groups in total. The van der Waals surface area contributed by atoms with Crippen molar-refractivity contribution < 1.29 is 9.59 Å². The quantitative estimate of drug-likeness (QED) is 0.823. The first-order valence-electron chi connectivity index (χ1n) is 6.79. The zero-order valence-electron chi connectivity index (χ0n) is 11.0. The number of carbonyl (C=O) groups is 2. The fourth-order valence-electron chi connectivity index (χ4n) is 3.09. The van der Waals surface area contributed by atoms with Gasteiger partial charge in [-0.15, -0.1) is 0 Å². The smallest absolute Gasteiger partial charge is 0.254 e. The van der Waals surface area contributed by atoms with Gasteiger partial charge in [-0.2, -0.15) is 5.26 Å². The van der Waals surface area contributed by atoms with E-state index in [4.69, 9.17) is 5.26 Å². The number of nitrogens with zero attached hydrogens (tertiary/aromatic N) is 2. The number of fused-ring (bicyclic) bond motifs is 1. The van der Waals surface area contributed by atoms with Crippen LogP contribution in [0.1, 0.15) is 28.8 Å². The van der Waals surface area contributed by atoms with Crippen LogP contribution in [0.3, 0.4) is 0 Å². The molecule has 5 heteroatoms. The van der Waals surface area contributed by atoms with Crippen molar-refractivity contribution in [3.05, 3.63) is 35.4 Å². The summed E-state index contributed by atoms with van der Waals surface area (Å²) in [6.07, 6.45) is 1.69. The summed E-state index contributed by atoms with van der Waals surface area (Å²) in [5, 5.41) is 11.7. The van der Waals surface area contributed by atoms with Crippen LogP contribution < -0.4 is 5.32 Å². The summed E-state index contributed by atoms with van der Waals surface area (Å²) in [6, 6.07) is 8.71. The third-order valence-electron chi connectivity index (χ3n) is 4.10. The molecular formula is C15H15N3O2. The van der Waals surface area contributed by atoms with E-state index >= 15 is 0 Å². The fraction of sp³-hybridized carbons (Fsp3) is 0.400. The summed E-state index contributed by atoms with van der Waals surface area (Å²) in [5.41, 5.74) is 0.995. The summed E-state index contributed by atoms with van der Waals surface area (Å²) >= 11 is 0. The summed E-state index contributed by atoms with van der Waals surface area (Å²) in [4.78, 5) is 26.1. The second-order valence-corrected chi connectivity index (χ2v) is 5.25. The summed E-state index contributed by atoms with van der Waals surface area (Å²) < 4.78 is 0. The lowest BCUT2D eigenvalue weighted by molar-refractivity contribution is -0.123. The molecule has 2 aliphatic rings. The van der Waals surface area contributed by atoms with Crippen molar-refractivity contribution in [2.24, 2.45) is 5.92 Å². The summed E-state index contributed by atoms with van der Waals surface area (Å²) in [7, 11) is 0. The van der Waals surface area contributed by atoms with Crippen LogP contribution in [-0.2, 0) is 4.79 Å². The van der Waals surface area contributed by atoms with Crippen molar-refractivity contribution in [1.82, 2.24) is 10.2 Å². The lowest BCUT2D eigenvalue weighted by Crippen LogP contribution is -2.48. The molecule has 2 amide bonds. The van der Waals surface area contributed by atoms with Gasteiger partial charge in [-0.1, -0.05) is 6.07 Å². The van der Waals surface area contributed by atoms with E-state index in [0.717, 1.165) is 12.8 Å². The van der Waals surface area contributed by atoms with Gasteiger partial charge in [0.25, 0.3) is 5.91 Å². The standard InChI is InChI=1S/C15H15N3O2/c16-8-10-3-1-4-11(7-10)15(20)18-6-2-5-12-13(18)9-17-14(12)19/h1,3-4,7,12-13H,2,5-6,9H2,(H,17,19). The summed E-state index contributed by atoms with van der Waals surface area (Å²) in [6.45, 7) is 1.21. The zero-order chi connectivity index (χ0) is 14.1. The number of amides is 2. The molecule has 2 unspecified atom stereocenters. The Morgan fingerprint density at radius 2 is 2.30 bits per heavy atom. The number of carbonyl (C=O) groups excluding carboxylic acids is 2. The van der Waals surface area contributed by atoms with E-state index in [1.165, 1.54) is 0 Å². The molecule has 1 aromatic rings. The van der Waals surface area contributed by atoms with Crippen LogP contribution in [0.15, 0.2) is 24.3 Å². The number of hydrogen-bond acceptors (Lipinski definition) is 3. The number of piperidine rings is 1. The Morgan fingerprint density at radius 3 is 3.10 bits per heavy atom. The van der Waals surface area contributed by atoms with Crippen LogP contribution >= 0.6 is 0 Å². The highest BCUT2D eigenvalue weighted by Gasteiger charge is 2.42. The van der Waals surface area contributed by atoms with Crippen molar-refractivity contribution in [2.45, 2.75) is 18.9 Å². The van der Waals surface area contributed by atoms with Gasteiger partial charge in [-0.3, -0.25) is 9.59 Å². The predicted molar refractivity (Wildman–Crippen MR) is 71.7 cm³/mol. The predicted octanol–water partition coefficient (Wildman–Crippen LogP) is 0.909. The Kier molecular flexibility index (Phi) is 3.15. The van der Waals surface area contributed by atoms with Crippen LogP contribution in [0.2, 0.25) is 0 Å². The van der Waals surface area contributed by atoms with Crippen molar-refractivity contribution in [3.63, 3.8) is 0 Å². The van der Waals surface area contributed by atoms with Crippen molar-refractivity contribution in [2.75, 3.05) is 13.1 Å². The minimum atomic E-state index is -0.0895. The average Bonchev–Trinajstić information content (AvgIpc) is 2.88. The lowest BCUT2D eigenvalue weighted by atomic mass is 9.91. The monoisotopic (exact) mass is 269 g/mol. The highest BCUT2D eigenvalue weighted by Crippen LogP contribution is 2.28. The molecular weight excluding hydrogens is 254 g/mol. The van der Waals surface area contributed by atoms with Crippen LogP contribution in [0.5, 0.6) is 0 Å². The average molecular weight is 269 g/mol. The van der Waals surface area contributed by atoms with E-state index < -0.39 is 0 Å². The molecule has 2 fully saturated rings. The van der Waals surface area contributed by atoms with E-state index in [9.17, 15) is 9.59 Å². The minimum absolute atomic E-state index is 0.0468. The van der Waals surface area contributed by atoms with Crippen LogP contribution in [-0.4, -0.2) is 35.8 Å².